The first-order valence-electron chi connectivity index (χ1n) is 11.4. The van der Waals surface area contributed by atoms with E-state index in [4.69, 9.17) is 12.2 Å². The largest absolute Gasteiger partial charge is 0.371 e. The summed E-state index contributed by atoms with van der Waals surface area (Å²) in [7, 11) is 0. The van der Waals surface area contributed by atoms with Crippen molar-refractivity contribution in [3.05, 3.63) is 34.5 Å². The van der Waals surface area contributed by atoms with Crippen LogP contribution in [0.1, 0.15) is 45.1 Å². The summed E-state index contributed by atoms with van der Waals surface area (Å²) in [6, 6.07) is 5.69. The van der Waals surface area contributed by atoms with Gasteiger partial charge in [-0.2, -0.15) is 0 Å². The topological polar surface area (TPSA) is 34.1 Å². The number of amidine groups is 1. The molecule has 4 rings (SSSR count). The van der Waals surface area contributed by atoms with E-state index in [1.165, 1.54) is 12.5 Å². The summed E-state index contributed by atoms with van der Waals surface area (Å²) in [4.78, 5) is 11.0. The number of anilines is 1. The molecule has 0 amide bonds. The van der Waals surface area contributed by atoms with Gasteiger partial charge in [0.1, 0.15) is 10.8 Å². The second-order valence-corrected chi connectivity index (χ2v) is 9.62. The van der Waals surface area contributed by atoms with Gasteiger partial charge in [-0.05, 0) is 80.4 Å². The van der Waals surface area contributed by atoms with Crippen molar-refractivity contribution in [3.8, 4) is 0 Å². The molecule has 8 heteroatoms. The van der Waals surface area contributed by atoms with Crippen molar-refractivity contribution in [2.24, 2.45) is 4.99 Å². The lowest BCUT2D eigenvalue weighted by Gasteiger charge is -2.39. The quantitative estimate of drug-likeness (QED) is 0.513. The van der Waals surface area contributed by atoms with Gasteiger partial charge in [-0.3, -0.25) is 5.01 Å². The highest BCUT2D eigenvalue weighted by Crippen LogP contribution is 2.34. The lowest BCUT2D eigenvalue weighted by Crippen LogP contribution is -2.45. The Morgan fingerprint density at radius 3 is 2.68 bits per heavy atom. The van der Waals surface area contributed by atoms with Crippen LogP contribution in [0, 0.1) is 5.82 Å². The number of piperidine rings is 1. The summed E-state index contributed by atoms with van der Waals surface area (Å²) in [5, 5.41) is 3.02. The Labute approximate surface area is 194 Å². The second-order valence-electron chi connectivity index (χ2n) is 8.22. The zero-order chi connectivity index (χ0) is 21.8. The van der Waals surface area contributed by atoms with E-state index < -0.39 is 0 Å². The molecule has 31 heavy (non-hydrogen) atoms. The summed E-state index contributed by atoms with van der Waals surface area (Å²) in [6.45, 7) is 10.4. The molecule has 2 fully saturated rings. The van der Waals surface area contributed by atoms with Crippen LogP contribution in [-0.4, -0.2) is 65.4 Å². The van der Waals surface area contributed by atoms with E-state index in [-0.39, 0.29) is 5.82 Å². The Morgan fingerprint density at radius 1 is 1.23 bits per heavy atom. The number of rotatable bonds is 5. The molecular formula is C23H32FN5S2. The number of aliphatic imine (C=N–C) groups is 1. The molecule has 3 heterocycles. The molecule has 5 nitrogen and oxygen atoms in total. The van der Waals surface area contributed by atoms with Crippen LogP contribution in [0.15, 0.2) is 28.1 Å². The third kappa shape index (κ3) is 5.30. The fourth-order valence-corrected chi connectivity index (χ4v) is 5.88. The predicted octanol–water partition coefficient (Wildman–Crippen LogP) is 4.51. The monoisotopic (exact) mass is 461 g/mol. The molecule has 3 aliphatic rings. The minimum atomic E-state index is -0.195. The average Bonchev–Trinajstić information content (AvgIpc) is 3.17. The summed E-state index contributed by atoms with van der Waals surface area (Å²) in [5.74, 6) is -0.195. The van der Waals surface area contributed by atoms with Gasteiger partial charge in [-0.25, -0.2) is 14.8 Å². The van der Waals surface area contributed by atoms with Crippen LogP contribution >= 0.6 is 24.0 Å². The Hall–Kier alpha value is -1.48. The average molecular weight is 462 g/mol. The highest BCUT2D eigenvalue weighted by Gasteiger charge is 2.27. The number of nitrogens with one attached hydrogen (secondary N) is 1. The molecule has 0 atom stereocenters. The van der Waals surface area contributed by atoms with Crippen LogP contribution in [0.4, 0.5) is 10.1 Å². The Balaban J connectivity index is 1.50. The number of halogens is 1. The van der Waals surface area contributed by atoms with Gasteiger partial charge >= 0.3 is 0 Å². The fraction of sp³-hybridized carbons (Fsp3) is 0.565. The van der Waals surface area contributed by atoms with Gasteiger partial charge in [0.15, 0.2) is 5.17 Å². The van der Waals surface area contributed by atoms with E-state index in [0.717, 1.165) is 79.9 Å². The number of hydrogen-bond donors (Lipinski definition) is 1. The summed E-state index contributed by atoms with van der Waals surface area (Å²) in [5.41, 5.74) is 5.36. The smallest absolute Gasteiger partial charge is 0.184 e. The van der Waals surface area contributed by atoms with E-state index >= 15 is 0 Å². The molecule has 1 N–H and O–H groups in total. The van der Waals surface area contributed by atoms with Crippen LogP contribution in [0.25, 0.3) is 6.08 Å². The van der Waals surface area contributed by atoms with Crippen molar-refractivity contribution in [3.63, 3.8) is 0 Å². The van der Waals surface area contributed by atoms with E-state index in [1.54, 1.807) is 17.8 Å². The molecule has 2 saturated heterocycles. The van der Waals surface area contributed by atoms with Crippen molar-refractivity contribution >= 4 is 45.9 Å². The third-order valence-corrected chi connectivity index (χ3v) is 7.83. The number of thioether (sulfide) groups is 1. The maximum atomic E-state index is 14.2. The van der Waals surface area contributed by atoms with Crippen LogP contribution in [0.5, 0.6) is 0 Å². The van der Waals surface area contributed by atoms with Crippen molar-refractivity contribution < 1.29 is 4.39 Å². The maximum absolute atomic E-state index is 14.2. The van der Waals surface area contributed by atoms with Crippen molar-refractivity contribution in [2.75, 3.05) is 44.2 Å². The number of thiocarbonyl (C=S) groups is 1. The third-order valence-electron chi connectivity index (χ3n) is 6.36. The molecule has 0 bridgehead atoms. The van der Waals surface area contributed by atoms with Gasteiger partial charge in [0.2, 0.25) is 0 Å². The molecule has 0 aliphatic carbocycles. The minimum Gasteiger partial charge on any atom is -0.371 e. The summed E-state index contributed by atoms with van der Waals surface area (Å²) < 4.78 is 14.2. The number of hydrazine groups is 1. The van der Waals surface area contributed by atoms with E-state index in [9.17, 15) is 4.39 Å². The van der Waals surface area contributed by atoms with Crippen LogP contribution in [-0.2, 0) is 0 Å². The van der Waals surface area contributed by atoms with E-state index in [1.807, 2.05) is 6.07 Å². The summed E-state index contributed by atoms with van der Waals surface area (Å²) in [6.07, 6.45) is 6.64. The van der Waals surface area contributed by atoms with Crippen molar-refractivity contribution in [1.29, 1.82) is 0 Å². The summed E-state index contributed by atoms with van der Waals surface area (Å²) >= 11 is 7.16. The Kier molecular flexibility index (Phi) is 7.63. The van der Waals surface area contributed by atoms with Gasteiger partial charge in [-0.15, -0.1) is 0 Å². The van der Waals surface area contributed by atoms with Gasteiger partial charge in [-0.1, -0.05) is 26.1 Å². The lowest BCUT2D eigenvalue weighted by atomic mass is 10.0. The standard InChI is InChI=1S/C23H32FN5S2/c1-3-27(4-2)19-9-13-28(14-10-19)20-16-18(24)8-7-17(20)15-21-22(30)26-23(31-21)29-12-6-5-11-25-29/h7-8,15-16,19,25H,3-6,9-14H2,1-2H3/b21-15-. The van der Waals surface area contributed by atoms with Gasteiger partial charge in [0.05, 0.1) is 4.91 Å². The van der Waals surface area contributed by atoms with Crippen molar-refractivity contribution in [2.45, 2.75) is 45.6 Å². The molecule has 0 unspecified atom stereocenters. The molecule has 0 spiro atoms. The normalized spacial score (nSPS) is 22.0. The Bertz CT molecular complexity index is 854. The molecule has 3 aliphatic heterocycles. The highest BCUT2D eigenvalue weighted by atomic mass is 32.2. The van der Waals surface area contributed by atoms with E-state index in [2.05, 4.69) is 45.2 Å². The first-order chi connectivity index (χ1) is 15.1. The molecule has 0 saturated carbocycles. The van der Waals surface area contributed by atoms with Crippen LogP contribution in [0.3, 0.4) is 0 Å². The zero-order valence-electron chi connectivity index (χ0n) is 18.4. The maximum Gasteiger partial charge on any atom is 0.184 e. The molecule has 0 aromatic heterocycles. The second kappa shape index (κ2) is 10.4. The minimum absolute atomic E-state index is 0.195. The first-order valence-corrected chi connectivity index (χ1v) is 12.6. The molecule has 0 radical (unpaired) electrons. The number of nitrogens with zero attached hydrogens (tertiary/aromatic N) is 4. The number of benzene rings is 1. The van der Waals surface area contributed by atoms with Crippen LogP contribution in [0.2, 0.25) is 0 Å². The highest BCUT2D eigenvalue weighted by molar-refractivity contribution is 8.19. The van der Waals surface area contributed by atoms with Crippen molar-refractivity contribution in [1.82, 2.24) is 15.3 Å². The molecule has 1 aromatic carbocycles. The van der Waals surface area contributed by atoms with Crippen LogP contribution < -0.4 is 10.3 Å². The molecule has 168 valence electrons. The first kappa shape index (κ1) is 22.7. The fourth-order valence-electron chi connectivity index (χ4n) is 4.63. The zero-order valence-corrected chi connectivity index (χ0v) is 20.1. The van der Waals surface area contributed by atoms with Gasteiger partial charge in [0.25, 0.3) is 0 Å². The Morgan fingerprint density at radius 2 is 2.00 bits per heavy atom. The van der Waals surface area contributed by atoms with E-state index in [0.29, 0.717) is 11.0 Å². The number of hydrogen-bond acceptors (Lipinski definition) is 6. The lowest BCUT2D eigenvalue weighted by molar-refractivity contribution is 0.186. The molecule has 1 aromatic rings. The SMILES string of the molecule is CCN(CC)C1CCN(c2cc(F)ccc2/C=C2\SC(N3CCCCN3)=NC2=S)CC1. The van der Waals surface area contributed by atoms with Gasteiger partial charge in [0, 0.05) is 37.9 Å². The predicted molar refractivity (Wildman–Crippen MR) is 134 cm³/mol. The molecular weight excluding hydrogens is 429 g/mol. The van der Waals surface area contributed by atoms with Gasteiger partial charge < -0.3 is 9.80 Å².